The average Bonchev–Trinajstić information content (AvgIpc) is 2.56. The maximum atomic E-state index is 12.5. The molecule has 126 valence electrons. The van der Waals surface area contributed by atoms with Crippen LogP contribution in [-0.4, -0.2) is 25.0 Å². The van der Waals surface area contributed by atoms with E-state index in [1.165, 1.54) is 6.42 Å². The highest BCUT2D eigenvalue weighted by Crippen LogP contribution is 2.24. The van der Waals surface area contributed by atoms with Gasteiger partial charge in [-0.15, -0.1) is 0 Å². The SMILES string of the molecule is Cc1cc(C2CCCNC2)oc(=O)c1C(=O)NC1CCCCC1. The average molecular weight is 318 g/mol. The topological polar surface area (TPSA) is 71.3 Å². The zero-order chi connectivity index (χ0) is 16.2. The molecule has 3 rings (SSSR count). The third kappa shape index (κ3) is 3.83. The maximum absolute atomic E-state index is 12.5. The first kappa shape index (κ1) is 16.2. The summed E-state index contributed by atoms with van der Waals surface area (Å²) in [5, 5.41) is 6.33. The first-order valence-corrected chi connectivity index (χ1v) is 8.81. The minimum absolute atomic E-state index is 0.170. The van der Waals surface area contributed by atoms with E-state index in [9.17, 15) is 9.59 Å². The lowest BCUT2D eigenvalue weighted by atomic mass is 9.94. The van der Waals surface area contributed by atoms with Crippen LogP contribution in [0.5, 0.6) is 0 Å². The van der Waals surface area contributed by atoms with Crippen molar-refractivity contribution in [3.63, 3.8) is 0 Å². The second kappa shape index (κ2) is 7.30. The number of aryl methyl sites for hydroxylation is 1. The summed E-state index contributed by atoms with van der Waals surface area (Å²) in [4.78, 5) is 24.8. The molecule has 0 radical (unpaired) electrons. The van der Waals surface area contributed by atoms with Crippen LogP contribution in [0, 0.1) is 6.92 Å². The van der Waals surface area contributed by atoms with E-state index in [1.54, 1.807) is 0 Å². The number of carbonyl (C=O) groups is 1. The molecule has 2 heterocycles. The van der Waals surface area contributed by atoms with Crippen LogP contribution < -0.4 is 16.3 Å². The van der Waals surface area contributed by atoms with Gasteiger partial charge < -0.3 is 15.1 Å². The van der Waals surface area contributed by atoms with Gasteiger partial charge in [0.1, 0.15) is 11.3 Å². The molecule has 0 spiro atoms. The van der Waals surface area contributed by atoms with Crippen LogP contribution in [0.3, 0.4) is 0 Å². The summed E-state index contributed by atoms with van der Waals surface area (Å²) < 4.78 is 5.48. The summed E-state index contributed by atoms with van der Waals surface area (Å²) >= 11 is 0. The van der Waals surface area contributed by atoms with Crippen molar-refractivity contribution in [2.45, 2.75) is 63.8 Å². The smallest absolute Gasteiger partial charge is 0.349 e. The van der Waals surface area contributed by atoms with Crippen LogP contribution in [0.15, 0.2) is 15.3 Å². The molecular formula is C18H26N2O3. The number of rotatable bonds is 3. The van der Waals surface area contributed by atoms with Crippen molar-refractivity contribution in [2.24, 2.45) is 0 Å². The van der Waals surface area contributed by atoms with Crippen molar-refractivity contribution >= 4 is 5.91 Å². The van der Waals surface area contributed by atoms with E-state index in [0.29, 0.717) is 5.76 Å². The van der Waals surface area contributed by atoms with Crippen molar-refractivity contribution in [1.82, 2.24) is 10.6 Å². The molecule has 2 aliphatic rings. The fourth-order valence-electron chi connectivity index (χ4n) is 3.71. The highest BCUT2D eigenvalue weighted by molar-refractivity contribution is 5.95. The highest BCUT2D eigenvalue weighted by Gasteiger charge is 2.24. The van der Waals surface area contributed by atoms with E-state index in [4.69, 9.17) is 4.42 Å². The van der Waals surface area contributed by atoms with Crippen LogP contribution in [0.25, 0.3) is 0 Å². The molecule has 1 aliphatic carbocycles. The lowest BCUT2D eigenvalue weighted by Crippen LogP contribution is -2.39. The number of piperidine rings is 1. The van der Waals surface area contributed by atoms with Crippen molar-refractivity contribution in [1.29, 1.82) is 0 Å². The van der Waals surface area contributed by atoms with Crippen LogP contribution in [-0.2, 0) is 0 Å². The third-order valence-electron chi connectivity index (χ3n) is 5.03. The Labute approximate surface area is 136 Å². The van der Waals surface area contributed by atoms with Gasteiger partial charge in [0.05, 0.1) is 0 Å². The summed E-state index contributed by atoms with van der Waals surface area (Å²) in [5.74, 6) is 0.649. The van der Waals surface area contributed by atoms with Gasteiger partial charge in [-0.3, -0.25) is 4.79 Å². The van der Waals surface area contributed by atoms with E-state index in [2.05, 4.69) is 10.6 Å². The minimum Gasteiger partial charge on any atom is -0.427 e. The van der Waals surface area contributed by atoms with Gasteiger partial charge in [-0.25, -0.2) is 4.79 Å². The number of hydrogen-bond donors (Lipinski definition) is 2. The second-order valence-electron chi connectivity index (χ2n) is 6.85. The van der Waals surface area contributed by atoms with Gasteiger partial charge in [-0.1, -0.05) is 19.3 Å². The summed E-state index contributed by atoms with van der Waals surface area (Å²) in [6.07, 6.45) is 7.63. The fourth-order valence-corrected chi connectivity index (χ4v) is 3.71. The molecule has 5 nitrogen and oxygen atoms in total. The molecule has 5 heteroatoms. The van der Waals surface area contributed by atoms with Crippen LogP contribution >= 0.6 is 0 Å². The van der Waals surface area contributed by atoms with E-state index in [1.807, 2.05) is 13.0 Å². The van der Waals surface area contributed by atoms with Crippen molar-refractivity contribution in [3.8, 4) is 0 Å². The lowest BCUT2D eigenvalue weighted by Gasteiger charge is -2.24. The number of hydrogen-bond acceptors (Lipinski definition) is 4. The third-order valence-corrected chi connectivity index (χ3v) is 5.03. The first-order valence-electron chi connectivity index (χ1n) is 8.81. The Bertz CT molecular complexity index is 611. The maximum Gasteiger partial charge on any atom is 0.349 e. The first-order chi connectivity index (χ1) is 11.1. The zero-order valence-corrected chi connectivity index (χ0v) is 13.8. The molecule has 1 aliphatic heterocycles. The van der Waals surface area contributed by atoms with Gasteiger partial charge in [-0.05, 0) is 50.8 Å². The Kier molecular flexibility index (Phi) is 5.16. The summed E-state index contributed by atoms with van der Waals surface area (Å²) in [5.41, 5.74) is 0.386. The molecule has 2 fully saturated rings. The molecule has 0 aromatic carbocycles. The Morgan fingerprint density at radius 1 is 1.22 bits per heavy atom. The number of nitrogens with one attached hydrogen (secondary N) is 2. The largest absolute Gasteiger partial charge is 0.427 e. The van der Waals surface area contributed by atoms with Gasteiger partial charge >= 0.3 is 5.63 Å². The predicted molar refractivity (Wildman–Crippen MR) is 88.9 cm³/mol. The standard InChI is InChI=1S/C18H26N2O3/c1-12-10-15(13-6-5-9-19-11-13)23-18(22)16(12)17(21)20-14-7-3-2-4-8-14/h10,13-14,19H,2-9,11H2,1H3,(H,20,21). The van der Waals surface area contributed by atoms with Gasteiger partial charge in [0.2, 0.25) is 0 Å². The molecule has 0 bridgehead atoms. The van der Waals surface area contributed by atoms with Crippen LogP contribution in [0.4, 0.5) is 0 Å². The minimum atomic E-state index is -0.501. The fraction of sp³-hybridized carbons (Fsp3) is 0.667. The summed E-state index contributed by atoms with van der Waals surface area (Å²) in [7, 11) is 0. The number of carbonyl (C=O) groups excluding carboxylic acids is 1. The van der Waals surface area contributed by atoms with Crippen molar-refractivity contribution in [3.05, 3.63) is 33.4 Å². The molecule has 1 unspecified atom stereocenters. The summed E-state index contributed by atoms with van der Waals surface area (Å²) in [6.45, 7) is 3.67. The molecule has 1 aromatic rings. The normalized spacial score (nSPS) is 22.7. The molecule has 1 amide bonds. The van der Waals surface area contributed by atoms with Gasteiger partial charge in [-0.2, -0.15) is 0 Å². The van der Waals surface area contributed by atoms with Gasteiger partial charge in [0.25, 0.3) is 5.91 Å². The Balaban J connectivity index is 1.76. The quantitative estimate of drug-likeness (QED) is 0.898. The van der Waals surface area contributed by atoms with E-state index >= 15 is 0 Å². The Morgan fingerprint density at radius 2 is 2.00 bits per heavy atom. The molecule has 1 aromatic heterocycles. The number of amides is 1. The van der Waals surface area contributed by atoms with Crippen LogP contribution in [0.1, 0.15) is 72.5 Å². The lowest BCUT2D eigenvalue weighted by molar-refractivity contribution is 0.0922. The van der Waals surface area contributed by atoms with E-state index in [-0.39, 0.29) is 23.4 Å². The molecule has 1 atom stereocenters. The van der Waals surface area contributed by atoms with Gasteiger partial charge in [0.15, 0.2) is 0 Å². The monoisotopic (exact) mass is 318 g/mol. The molecule has 1 saturated heterocycles. The van der Waals surface area contributed by atoms with Crippen molar-refractivity contribution in [2.75, 3.05) is 13.1 Å². The molecule has 23 heavy (non-hydrogen) atoms. The molecule has 1 saturated carbocycles. The van der Waals surface area contributed by atoms with E-state index < -0.39 is 5.63 Å². The Morgan fingerprint density at radius 3 is 2.65 bits per heavy atom. The highest BCUT2D eigenvalue weighted by atomic mass is 16.4. The van der Waals surface area contributed by atoms with Crippen molar-refractivity contribution < 1.29 is 9.21 Å². The van der Waals surface area contributed by atoms with Gasteiger partial charge in [0, 0.05) is 18.5 Å². The molecule has 2 N–H and O–H groups in total. The van der Waals surface area contributed by atoms with E-state index in [0.717, 1.165) is 57.2 Å². The predicted octanol–water partition coefficient (Wildman–Crippen LogP) is 2.48. The molecular weight excluding hydrogens is 292 g/mol. The zero-order valence-electron chi connectivity index (χ0n) is 13.8. The Hall–Kier alpha value is -1.62. The second-order valence-corrected chi connectivity index (χ2v) is 6.85. The van der Waals surface area contributed by atoms with Crippen LogP contribution in [0.2, 0.25) is 0 Å². The summed E-state index contributed by atoms with van der Waals surface area (Å²) in [6, 6.07) is 2.06.